The molecule has 2 aliphatic rings. The van der Waals surface area contributed by atoms with Crippen LogP contribution in [-0.2, 0) is 21.4 Å². The normalized spacial score (nSPS) is 20.3. The average molecular weight is 471 g/mol. The highest BCUT2D eigenvalue weighted by Crippen LogP contribution is 2.32. The van der Waals surface area contributed by atoms with Crippen LogP contribution in [0.15, 0.2) is 46.9 Å². The number of hydrogen-bond acceptors (Lipinski definition) is 5. The summed E-state index contributed by atoms with van der Waals surface area (Å²) in [6, 6.07) is 13.1. The summed E-state index contributed by atoms with van der Waals surface area (Å²) >= 11 is -1.58. The molecule has 9 heteroatoms. The van der Waals surface area contributed by atoms with E-state index in [1.54, 1.807) is 13.2 Å². The maximum Gasteiger partial charge on any atom is 0.245 e. The van der Waals surface area contributed by atoms with Crippen LogP contribution in [0.1, 0.15) is 37.8 Å². The van der Waals surface area contributed by atoms with Crippen LogP contribution in [-0.4, -0.2) is 47.7 Å². The predicted molar refractivity (Wildman–Crippen MR) is 130 cm³/mol. The number of likely N-dealkylation sites (tertiary alicyclic amines) is 1. The van der Waals surface area contributed by atoms with E-state index in [4.69, 9.17) is 15.2 Å². The molecule has 33 heavy (non-hydrogen) atoms. The lowest BCUT2D eigenvalue weighted by Gasteiger charge is -2.38. The first-order valence-electron chi connectivity index (χ1n) is 11.0. The van der Waals surface area contributed by atoms with Crippen LogP contribution < -0.4 is 19.9 Å². The monoisotopic (exact) mass is 470 g/mol. The Balaban J connectivity index is 1.42. The zero-order chi connectivity index (χ0) is 23.6. The highest BCUT2D eigenvalue weighted by molar-refractivity contribution is 7.85. The lowest BCUT2D eigenvalue weighted by molar-refractivity contribution is -0.138. The van der Waals surface area contributed by atoms with Crippen LogP contribution in [0.5, 0.6) is 11.5 Å². The van der Waals surface area contributed by atoms with Crippen molar-refractivity contribution < 1.29 is 18.5 Å². The molecular weight excluding hydrogens is 440 g/mol. The molecule has 8 nitrogen and oxygen atoms in total. The Hall–Kier alpha value is -3.07. The zero-order valence-corrected chi connectivity index (χ0v) is 20.0. The quantitative estimate of drug-likeness (QED) is 0.675. The van der Waals surface area contributed by atoms with Gasteiger partial charge in [-0.1, -0.05) is 18.2 Å². The second-order valence-corrected chi connectivity index (χ2v) is 9.82. The minimum atomic E-state index is -1.58. The molecule has 0 aliphatic carbocycles. The predicted octanol–water partition coefficient (Wildman–Crippen LogP) is 3.00. The first kappa shape index (κ1) is 23.1. The van der Waals surface area contributed by atoms with Gasteiger partial charge in [0.2, 0.25) is 17.1 Å². The van der Waals surface area contributed by atoms with Gasteiger partial charge in [0, 0.05) is 19.0 Å². The first-order valence-corrected chi connectivity index (χ1v) is 12.1. The minimum absolute atomic E-state index is 0.109. The lowest BCUT2D eigenvalue weighted by Crippen LogP contribution is -2.48. The molecule has 2 heterocycles. The SMILES string of the molecule is COc1ccc(C(C)(C)C(=O)N2CCCC(COc3cccc4c3C(N)=NS(=O)N4)C2)cc1. The van der Waals surface area contributed by atoms with Gasteiger partial charge in [-0.3, -0.25) is 9.52 Å². The van der Waals surface area contributed by atoms with Gasteiger partial charge in [-0.05, 0) is 56.5 Å². The van der Waals surface area contributed by atoms with Gasteiger partial charge in [-0.15, -0.1) is 0 Å². The van der Waals surface area contributed by atoms with Crippen LogP contribution in [0.4, 0.5) is 5.69 Å². The number of ether oxygens (including phenoxy) is 2. The highest BCUT2D eigenvalue weighted by atomic mass is 32.2. The van der Waals surface area contributed by atoms with E-state index in [1.807, 2.05) is 55.1 Å². The van der Waals surface area contributed by atoms with E-state index in [1.165, 1.54) is 0 Å². The van der Waals surface area contributed by atoms with E-state index < -0.39 is 16.6 Å². The number of amides is 1. The van der Waals surface area contributed by atoms with Crippen molar-refractivity contribution in [3.05, 3.63) is 53.6 Å². The molecule has 1 fully saturated rings. The van der Waals surface area contributed by atoms with Gasteiger partial charge in [-0.2, -0.15) is 4.40 Å². The molecule has 1 amide bonds. The van der Waals surface area contributed by atoms with Gasteiger partial charge in [-0.25, -0.2) is 4.21 Å². The minimum Gasteiger partial charge on any atom is -0.497 e. The molecule has 0 bridgehead atoms. The third kappa shape index (κ3) is 4.83. The standard InChI is InChI=1S/C24H30N4O4S/c1-24(2,17-9-11-18(31-3)12-10-17)23(29)28-13-5-6-16(14-28)15-32-20-8-4-7-19-21(20)22(25)27-33(30)26-19/h4,7-12,16,26H,5-6,13-15H2,1-3H3,(H2,25,27). The Kier molecular flexibility index (Phi) is 6.60. The number of hydrogen-bond donors (Lipinski definition) is 2. The third-order valence-corrected chi connectivity index (χ3v) is 7.05. The van der Waals surface area contributed by atoms with Gasteiger partial charge >= 0.3 is 0 Å². The number of anilines is 1. The van der Waals surface area contributed by atoms with E-state index in [0.717, 1.165) is 30.7 Å². The van der Waals surface area contributed by atoms with Crippen molar-refractivity contribution in [3.8, 4) is 11.5 Å². The smallest absolute Gasteiger partial charge is 0.245 e. The van der Waals surface area contributed by atoms with E-state index in [0.29, 0.717) is 30.2 Å². The van der Waals surface area contributed by atoms with Crippen molar-refractivity contribution >= 4 is 28.6 Å². The van der Waals surface area contributed by atoms with Crippen LogP contribution in [0.2, 0.25) is 0 Å². The number of benzene rings is 2. The molecule has 176 valence electrons. The Morgan fingerprint density at radius 1 is 1.27 bits per heavy atom. The molecule has 2 atom stereocenters. The van der Waals surface area contributed by atoms with E-state index in [9.17, 15) is 9.00 Å². The molecule has 0 saturated carbocycles. The first-order chi connectivity index (χ1) is 15.8. The fourth-order valence-electron chi connectivity index (χ4n) is 4.37. The number of carbonyl (C=O) groups excluding carboxylic acids is 1. The van der Waals surface area contributed by atoms with Crippen molar-refractivity contribution in [2.45, 2.75) is 32.1 Å². The van der Waals surface area contributed by atoms with Gasteiger partial charge in [0.25, 0.3) is 0 Å². The number of piperidine rings is 1. The molecule has 0 aromatic heterocycles. The van der Waals surface area contributed by atoms with Crippen molar-refractivity contribution in [2.75, 3.05) is 31.5 Å². The molecule has 1 saturated heterocycles. The number of amidine groups is 1. The van der Waals surface area contributed by atoms with Gasteiger partial charge in [0.1, 0.15) is 17.3 Å². The molecule has 3 N–H and O–H groups in total. The Morgan fingerprint density at radius 3 is 2.76 bits per heavy atom. The van der Waals surface area contributed by atoms with Crippen molar-refractivity contribution in [3.63, 3.8) is 0 Å². The van der Waals surface area contributed by atoms with E-state index in [-0.39, 0.29) is 17.7 Å². The molecule has 2 unspecified atom stereocenters. The largest absolute Gasteiger partial charge is 0.497 e. The van der Waals surface area contributed by atoms with Crippen molar-refractivity contribution in [1.29, 1.82) is 0 Å². The zero-order valence-electron chi connectivity index (χ0n) is 19.2. The molecular formula is C24H30N4O4S. The maximum absolute atomic E-state index is 13.4. The summed E-state index contributed by atoms with van der Waals surface area (Å²) in [4.78, 5) is 15.4. The second-order valence-electron chi connectivity index (χ2n) is 8.93. The number of carbonyl (C=O) groups is 1. The van der Waals surface area contributed by atoms with Crippen molar-refractivity contribution in [2.24, 2.45) is 16.0 Å². The highest BCUT2D eigenvalue weighted by Gasteiger charge is 2.36. The topological polar surface area (TPSA) is 106 Å². The molecule has 0 spiro atoms. The van der Waals surface area contributed by atoms with Crippen LogP contribution in [0.25, 0.3) is 0 Å². The number of nitrogens with zero attached hydrogens (tertiary/aromatic N) is 2. The molecule has 0 radical (unpaired) electrons. The number of nitrogens with one attached hydrogen (secondary N) is 1. The summed E-state index contributed by atoms with van der Waals surface area (Å²) in [5, 5.41) is 0. The third-order valence-electron chi connectivity index (χ3n) is 6.29. The summed E-state index contributed by atoms with van der Waals surface area (Å²) in [7, 11) is 1.63. The Bertz CT molecular complexity index is 1080. The van der Waals surface area contributed by atoms with E-state index in [2.05, 4.69) is 9.12 Å². The summed E-state index contributed by atoms with van der Waals surface area (Å²) in [6.07, 6.45) is 1.91. The fraction of sp³-hybridized carbons (Fsp3) is 0.417. The van der Waals surface area contributed by atoms with Gasteiger partial charge in [0.05, 0.1) is 30.4 Å². The summed E-state index contributed by atoms with van der Waals surface area (Å²) in [5.74, 6) is 1.87. The second kappa shape index (κ2) is 9.43. The number of methoxy groups -OCH3 is 1. The summed E-state index contributed by atoms with van der Waals surface area (Å²) in [6.45, 7) is 5.77. The number of rotatable bonds is 6. The molecule has 4 rings (SSSR count). The van der Waals surface area contributed by atoms with Crippen molar-refractivity contribution in [1.82, 2.24) is 4.90 Å². The Labute approximate surface area is 196 Å². The average Bonchev–Trinajstić information content (AvgIpc) is 2.82. The summed E-state index contributed by atoms with van der Waals surface area (Å²) < 4.78 is 29.8. The molecule has 2 aromatic rings. The number of nitrogens with two attached hydrogens (primary N) is 1. The van der Waals surface area contributed by atoms with E-state index >= 15 is 0 Å². The maximum atomic E-state index is 13.4. The van der Waals surface area contributed by atoms with Crippen LogP contribution in [0.3, 0.4) is 0 Å². The fourth-order valence-corrected chi connectivity index (χ4v) is 5.05. The Morgan fingerprint density at radius 2 is 2.03 bits per heavy atom. The van der Waals surface area contributed by atoms with Crippen LogP contribution >= 0.6 is 0 Å². The molecule has 2 aliphatic heterocycles. The van der Waals surface area contributed by atoms with Gasteiger partial charge < -0.3 is 20.1 Å². The lowest BCUT2D eigenvalue weighted by atomic mass is 9.82. The number of fused-ring (bicyclic) bond motifs is 1. The van der Waals surface area contributed by atoms with Crippen LogP contribution in [0, 0.1) is 5.92 Å². The summed E-state index contributed by atoms with van der Waals surface area (Å²) in [5.41, 5.74) is 7.59. The van der Waals surface area contributed by atoms with Gasteiger partial charge in [0.15, 0.2) is 0 Å². The molecule has 2 aromatic carbocycles.